The van der Waals surface area contributed by atoms with Crippen LogP contribution >= 0.6 is 11.6 Å². The second-order valence-corrected chi connectivity index (χ2v) is 6.88. The van der Waals surface area contributed by atoms with Gasteiger partial charge in [-0.15, -0.1) is 0 Å². The molecule has 2 aromatic carbocycles. The van der Waals surface area contributed by atoms with Crippen LogP contribution in [0.1, 0.15) is 29.2 Å². The number of benzene rings is 2. The van der Waals surface area contributed by atoms with Crippen LogP contribution in [0.15, 0.2) is 71.4 Å². The van der Waals surface area contributed by atoms with Gasteiger partial charge in [-0.3, -0.25) is 0 Å². The number of hydrogen-bond acceptors (Lipinski definition) is 5. The molecule has 0 radical (unpaired) electrons. The normalized spacial score (nSPS) is 20.9. The molecule has 3 heterocycles. The van der Waals surface area contributed by atoms with E-state index >= 15 is 0 Å². The molecular weight excluding hydrogens is 364 g/mol. The molecule has 0 saturated carbocycles. The second-order valence-electron chi connectivity index (χ2n) is 6.45. The molecule has 3 aromatic rings. The highest BCUT2D eigenvalue weighted by atomic mass is 35.5. The largest absolute Gasteiger partial charge is 0.497 e. The smallest absolute Gasteiger partial charge is 0.195 e. The SMILES string of the molecule is COc1ccc([C@@H]2Oc3ccc(Cl)cc3[C@@H]3C=C(c4ccco4)NN32)cc1. The first-order chi connectivity index (χ1) is 13.2. The Kier molecular flexibility index (Phi) is 3.85. The summed E-state index contributed by atoms with van der Waals surface area (Å²) >= 11 is 6.24. The van der Waals surface area contributed by atoms with Crippen LogP contribution < -0.4 is 14.9 Å². The molecule has 0 aliphatic carbocycles. The lowest BCUT2D eigenvalue weighted by Crippen LogP contribution is -2.43. The number of nitrogens with zero attached hydrogens (tertiary/aromatic N) is 1. The highest BCUT2D eigenvalue weighted by molar-refractivity contribution is 6.30. The van der Waals surface area contributed by atoms with Crippen LogP contribution in [0.25, 0.3) is 5.70 Å². The van der Waals surface area contributed by atoms with E-state index in [4.69, 9.17) is 25.5 Å². The number of fused-ring (bicyclic) bond motifs is 3. The van der Waals surface area contributed by atoms with Crippen LogP contribution in [0, 0.1) is 0 Å². The van der Waals surface area contributed by atoms with Crippen molar-refractivity contribution in [2.45, 2.75) is 12.3 Å². The maximum Gasteiger partial charge on any atom is 0.195 e. The molecule has 2 aliphatic rings. The molecule has 0 fully saturated rings. The van der Waals surface area contributed by atoms with Gasteiger partial charge in [-0.25, -0.2) is 0 Å². The Morgan fingerprint density at radius 3 is 2.70 bits per heavy atom. The first kappa shape index (κ1) is 16.3. The predicted molar refractivity (Wildman–Crippen MR) is 102 cm³/mol. The minimum Gasteiger partial charge on any atom is -0.497 e. The fourth-order valence-corrected chi connectivity index (χ4v) is 3.71. The molecule has 27 heavy (non-hydrogen) atoms. The molecule has 6 heteroatoms. The van der Waals surface area contributed by atoms with Crippen LogP contribution in [-0.4, -0.2) is 12.1 Å². The summed E-state index contributed by atoms with van der Waals surface area (Å²) in [4.78, 5) is 0. The van der Waals surface area contributed by atoms with E-state index in [9.17, 15) is 0 Å². The Labute approximate surface area is 161 Å². The molecule has 136 valence electrons. The number of hydrazine groups is 1. The lowest BCUT2D eigenvalue weighted by molar-refractivity contribution is -0.0328. The van der Waals surface area contributed by atoms with Gasteiger partial charge in [0.05, 0.1) is 25.1 Å². The van der Waals surface area contributed by atoms with Crippen molar-refractivity contribution in [3.63, 3.8) is 0 Å². The van der Waals surface area contributed by atoms with E-state index in [0.29, 0.717) is 5.02 Å². The van der Waals surface area contributed by atoms with Crippen LogP contribution in [0.5, 0.6) is 11.5 Å². The van der Waals surface area contributed by atoms with Gasteiger partial charge in [-0.05, 0) is 48.5 Å². The number of hydrogen-bond donors (Lipinski definition) is 1. The molecule has 1 N–H and O–H groups in total. The van der Waals surface area contributed by atoms with E-state index in [1.807, 2.05) is 54.6 Å². The van der Waals surface area contributed by atoms with Crippen molar-refractivity contribution >= 4 is 17.3 Å². The molecule has 5 nitrogen and oxygen atoms in total. The monoisotopic (exact) mass is 380 g/mol. The maximum atomic E-state index is 6.33. The van der Waals surface area contributed by atoms with Gasteiger partial charge in [-0.1, -0.05) is 23.7 Å². The fraction of sp³-hybridized carbons (Fsp3) is 0.143. The fourth-order valence-electron chi connectivity index (χ4n) is 3.53. The highest BCUT2D eigenvalue weighted by Crippen LogP contribution is 2.46. The summed E-state index contributed by atoms with van der Waals surface area (Å²) in [5.41, 5.74) is 6.37. The number of methoxy groups -OCH3 is 1. The van der Waals surface area contributed by atoms with Crippen molar-refractivity contribution in [2.24, 2.45) is 0 Å². The number of ether oxygens (including phenoxy) is 2. The molecule has 2 aliphatic heterocycles. The van der Waals surface area contributed by atoms with Crippen LogP contribution in [-0.2, 0) is 0 Å². The van der Waals surface area contributed by atoms with E-state index in [1.54, 1.807) is 13.4 Å². The molecule has 1 aromatic heterocycles. The second kappa shape index (κ2) is 6.37. The topological polar surface area (TPSA) is 46.9 Å². The maximum absolute atomic E-state index is 6.33. The summed E-state index contributed by atoms with van der Waals surface area (Å²) in [6.45, 7) is 0. The lowest BCUT2D eigenvalue weighted by atomic mass is 10.0. The van der Waals surface area contributed by atoms with E-state index < -0.39 is 0 Å². The van der Waals surface area contributed by atoms with Crippen LogP contribution in [0.3, 0.4) is 0 Å². The van der Waals surface area contributed by atoms with Crippen molar-refractivity contribution < 1.29 is 13.9 Å². The Morgan fingerprint density at radius 1 is 1.11 bits per heavy atom. The average molecular weight is 381 g/mol. The molecular formula is C21H17ClN2O3. The zero-order chi connectivity index (χ0) is 18.4. The van der Waals surface area contributed by atoms with Gasteiger partial charge in [0.1, 0.15) is 11.5 Å². The van der Waals surface area contributed by atoms with Crippen molar-refractivity contribution in [3.8, 4) is 11.5 Å². The van der Waals surface area contributed by atoms with E-state index in [2.05, 4.69) is 16.5 Å². The summed E-state index contributed by atoms with van der Waals surface area (Å²) in [6, 6.07) is 17.4. The Balaban J connectivity index is 1.58. The van der Waals surface area contributed by atoms with Gasteiger partial charge < -0.3 is 19.3 Å². The van der Waals surface area contributed by atoms with Gasteiger partial charge in [0.25, 0.3) is 0 Å². The average Bonchev–Trinajstić information content (AvgIpc) is 3.37. The third-order valence-corrected chi connectivity index (χ3v) is 5.08. The van der Waals surface area contributed by atoms with Gasteiger partial charge in [0.15, 0.2) is 12.0 Å². The first-order valence-electron chi connectivity index (χ1n) is 8.64. The standard InChI is InChI=1S/C21H17ClN2O3/c1-25-15-7-4-13(5-8-15)21-24-18(12-17(23-24)20-3-2-10-26-20)16-11-14(22)6-9-19(16)27-21/h2-12,18,21,23H,1H3/t18-,21-/m0/s1. The molecule has 0 saturated heterocycles. The quantitative estimate of drug-likeness (QED) is 0.697. The summed E-state index contributed by atoms with van der Waals surface area (Å²) in [7, 11) is 1.66. The van der Waals surface area contributed by atoms with Crippen molar-refractivity contribution in [3.05, 3.63) is 88.8 Å². The van der Waals surface area contributed by atoms with E-state index in [1.165, 1.54) is 0 Å². The Hall–Kier alpha value is -2.89. The Morgan fingerprint density at radius 2 is 1.96 bits per heavy atom. The summed E-state index contributed by atoms with van der Waals surface area (Å²) < 4.78 is 17.2. The van der Waals surface area contributed by atoms with Crippen molar-refractivity contribution in [1.82, 2.24) is 10.4 Å². The predicted octanol–water partition coefficient (Wildman–Crippen LogP) is 4.94. The Bertz CT molecular complexity index is 999. The summed E-state index contributed by atoms with van der Waals surface area (Å²) in [5.74, 6) is 2.41. The number of halogens is 1. The molecule has 0 spiro atoms. The summed E-state index contributed by atoms with van der Waals surface area (Å²) in [5, 5.41) is 2.75. The molecule has 2 atom stereocenters. The van der Waals surface area contributed by atoms with Gasteiger partial charge in [0, 0.05) is 16.1 Å². The van der Waals surface area contributed by atoms with Crippen LogP contribution in [0.2, 0.25) is 5.02 Å². The lowest BCUT2D eigenvalue weighted by Gasteiger charge is -2.39. The van der Waals surface area contributed by atoms with Crippen LogP contribution in [0.4, 0.5) is 0 Å². The third-order valence-electron chi connectivity index (χ3n) is 4.84. The zero-order valence-corrected chi connectivity index (χ0v) is 15.3. The number of rotatable bonds is 3. The minimum atomic E-state index is -0.307. The highest BCUT2D eigenvalue weighted by Gasteiger charge is 2.40. The summed E-state index contributed by atoms with van der Waals surface area (Å²) in [6.07, 6.45) is 3.49. The van der Waals surface area contributed by atoms with Crippen molar-refractivity contribution in [1.29, 1.82) is 0 Å². The number of nitrogens with one attached hydrogen (secondary N) is 1. The molecule has 0 amide bonds. The zero-order valence-electron chi connectivity index (χ0n) is 14.6. The number of furan rings is 1. The van der Waals surface area contributed by atoms with Gasteiger partial charge >= 0.3 is 0 Å². The first-order valence-corrected chi connectivity index (χ1v) is 9.01. The van der Waals surface area contributed by atoms with E-state index in [0.717, 1.165) is 34.1 Å². The van der Waals surface area contributed by atoms with Gasteiger partial charge in [-0.2, -0.15) is 5.01 Å². The minimum absolute atomic E-state index is 0.0281. The van der Waals surface area contributed by atoms with Crippen molar-refractivity contribution in [2.75, 3.05) is 7.11 Å². The van der Waals surface area contributed by atoms with E-state index in [-0.39, 0.29) is 12.3 Å². The molecule has 0 bridgehead atoms. The molecule has 0 unspecified atom stereocenters. The van der Waals surface area contributed by atoms with Gasteiger partial charge in [0.2, 0.25) is 0 Å². The third kappa shape index (κ3) is 2.76. The molecule has 5 rings (SSSR count).